The summed E-state index contributed by atoms with van der Waals surface area (Å²) in [5.74, 6) is 0.333. The molecule has 0 aliphatic carbocycles. The summed E-state index contributed by atoms with van der Waals surface area (Å²) >= 11 is 9.22. The van der Waals surface area contributed by atoms with Crippen LogP contribution in [0, 0.1) is 0 Å². The smallest absolute Gasteiger partial charge is 0.324 e. The quantitative estimate of drug-likeness (QED) is 0.109. The lowest BCUT2D eigenvalue weighted by molar-refractivity contribution is -0.154. The Hall–Kier alpha value is -2.78. The fourth-order valence-corrected chi connectivity index (χ4v) is 5.86. The van der Waals surface area contributed by atoms with Crippen LogP contribution in [-0.4, -0.2) is 28.0 Å². The van der Waals surface area contributed by atoms with Crippen molar-refractivity contribution in [3.63, 3.8) is 0 Å². The average Bonchev–Trinajstić information content (AvgIpc) is 3.00. The summed E-state index contributed by atoms with van der Waals surface area (Å²) in [6, 6.07) is 32.3. The number of aliphatic hydroxyl groups excluding tert-OH is 2. The van der Waals surface area contributed by atoms with E-state index in [0.29, 0.717) is 17.2 Å². The molecule has 2 unspecified atom stereocenters. The van der Waals surface area contributed by atoms with Crippen LogP contribution in [0.1, 0.15) is 48.7 Å². The van der Waals surface area contributed by atoms with Crippen molar-refractivity contribution in [2.24, 2.45) is 0 Å². The van der Waals surface area contributed by atoms with E-state index in [1.807, 2.05) is 103 Å². The molecule has 5 nitrogen and oxygen atoms in total. The lowest BCUT2D eigenvalue weighted by Crippen LogP contribution is -2.37. The third kappa shape index (κ3) is 8.86. The molecule has 4 rings (SSSR count). The number of halogens is 1. The van der Waals surface area contributed by atoms with Gasteiger partial charge in [0.15, 0.2) is 0 Å². The Labute approximate surface area is 248 Å². The lowest BCUT2D eigenvalue weighted by Gasteiger charge is -2.24. The minimum atomic E-state index is -0.867. The third-order valence-corrected chi connectivity index (χ3v) is 8.59. The number of hydrogen-bond donors (Lipinski definition) is 3. The summed E-state index contributed by atoms with van der Waals surface area (Å²) in [4.78, 5) is 20.1. The van der Waals surface area contributed by atoms with Gasteiger partial charge in [-0.3, -0.25) is 4.79 Å². The zero-order valence-corrected chi connectivity index (χ0v) is 24.5. The number of carbonyl (C=O) groups is 1. The second-order valence-corrected chi connectivity index (χ2v) is 11.9. The Bertz CT molecular complexity index is 1340. The van der Waals surface area contributed by atoms with Gasteiger partial charge in [0.25, 0.3) is 0 Å². The first kappa shape index (κ1) is 30.2. The van der Waals surface area contributed by atoms with Crippen molar-refractivity contribution >= 4 is 41.1 Å². The van der Waals surface area contributed by atoms with Gasteiger partial charge in [-0.15, -0.1) is 17.2 Å². The van der Waals surface area contributed by atoms with Crippen LogP contribution in [0.4, 0.5) is 0 Å². The summed E-state index contributed by atoms with van der Waals surface area (Å²) in [6.07, 6.45) is -0.714. The summed E-state index contributed by atoms with van der Waals surface area (Å²) in [5.41, 5.74) is 5.21. The van der Waals surface area contributed by atoms with Crippen molar-refractivity contribution in [2.45, 2.75) is 52.7 Å². The van der Waals surface area contributed by atoms with Gasteiger partial charge in [-0.05, 0) is 77.4 Å². The molecular formula is C32H32ClNO4S2. The normalized spacial score (nSPS) is 13.4. The molecule has 0 aliphatic rings. The van der Waals surface area contributed by atoms with Crippen LogP contribution >= 0.6 is 35.1 Å². The zero-order chi connectivity index (χ0) is 28.3. The number of hydroxylamine groups is 1. The van der Waals surface area contributed by atoms with Crippen LogP contribution < -0.4 is 5.48 Å². The van der Waals surface area contributed by atoms with Crippen LogP contribution in [0.2, 0.25) is 5.02 Å². The maximum Gasteiger partial charge on any atom is 0.324 e. The molecule has 0 amide bonds. The number of thioether (sulfide) groups is 1. The number of nitrogens with one attached hydrogen (secondary N) is 1. The van der Waals surface area contributed by atoms with Crippen LogP contribution in [0.15, 0.2) is 118 Å². The van der Waals surface area contributed by atoms with Crippen LogP contribution in [0.3, 0.4) is 0 Å². The Morgan fingerprint density at radius 2 is 1.35 bits per heavy atom. The van der Waals surface area contributed by atoms with Gasteiger partial charge >= 0.3 is 5.97 Å². The first-order valence-corrected chi connectivity index (χ1v) is 15.2. The lowest BCUT2D eigenvalue weighted by atomic mass is 10.0. The van der Waals surface area contributed by atoms with Crippen LogP contribution in [0.25, 0.3) is 0 Å². The molecule has 40 heavy (non-hydrogen) atoms. The van der Waals surface area contributed by atoms with E-state index in [1.54, 1.807) is 30.4 Å². The van der Waals surface area contributed by atoms with Gasteiger partial charge in [-0.1, -0.05) is 84.9 Å². The second-order valence-electron chi connectivity index (χ2n) is 9.14. The zero-order valence-electron chi connectivity index (χ0n) is 22.1. The average molecular weight is 594 g/mol. The molecular weight excluding hydrogens is 562 g/mol. The number of benzene rings is 4. The van der Waals surface area contributed by atoms with Crippen molar-refractivity contribution < 1.29 is 19.8 Å². The molecule has 0 heterocycles. The molecule has 0 spiro atoms. The highest BCUT2D eigenvalue weighted by Crippen LogP contribution is 2.32. The van der Waals surface area contributed by atoms with E-state index < -0.39 is 18.2 Å². The van der Waals surface area contributed by atoms with Gasteiger partial charge in [-0.25, -0.2) is 0 Å². The Balaban J connectivity index is 1.36. The topological polar surface area (TPSA) is 78.8 Å². The molecule has 4 aromatic carbocycles. The largest absolute Gasteiger partial charge is 0.387 e. The number of aliphatic hydroxyl groups is 2. The molecule has 208 valence electrons. The van der Waals surface area contributed by atoms with Gasteiger partial charge in [0, 0.05) is 26.1 Å². The van der Waals surface area contributed by atoms with Crippen molar-refractivity contribution in [2.75, 3.05) is 5.75 Å². The van der Waals surface area contributed by atoms with Crippen molar-refractivity contribution in [1.82, 2.24) is 5.48 Å². The summed E-state index contributed by atoms with van der Waals surface area (Å²) in [5, 5.41) is 22.5. The minimum absolute atomic E-state index is 0.244. The summed E-state index contributed by atoms with van der Waals surface area (Å²) in [6.45, 7) is 1.72. The molecule has 4 aromatic rings. The molecule has 0 fully saturated rings. The van der Waals surface area contributed by atoms with Gasteiger partial charge in [0.05, 0.1) is 12.1 Å². The molecule has 3 atom stereocenters. The molecule has 0 radical (unpaired) electrons. The van der Waals surface area contributed by atoms with E-state index in [4.69, 9.17) is 16.4 Å². The number of rotatable bonds is 13. The molecule has 3 N–H and O–H groups in total. The van der Waals surface area contributed by atoms with Crippen molar-refractivity contribution in [3.05, 3.63) is 125 Å². The van der Waals surface area contributed by atoms with E-state index in [1.165, 1.54) is 0 Å². The first-order chi connectivity index (χ1) is 19.4. The van der Waals surface area contributed by atoms with Crippen LogP contribution in [0.5, 0.6) is 0 Å². The standard InChI is InChI=1S/C32H32ClNO4S2/c1-2-30(35)38-34-29(20-21-39-26-18-12-25(33)13-19-26)32(37)24-10-16-28(17-11-24)40-27-14-8-23(9-15-27)31(36)22-6-4-3-5-7-22/h3-19,29,31-32,34,36-37H,2,20-21H2,1H3/t29-,31?,32?/m1/s1. The molecule has 0 bridgehead atoms. The van der Waals surface area contributed by atoms with E-state index in [2.05, 4.69) is 5.48 Å². The van der Waals surface area contributed by atoms with E-state index in [-0.39, 0.29) is 12.4 Å². The van der Waals surface area contributed by atoms with Gasteiger partial charge in [-0.2, -0.15) is 0 Å². The summed E-state index contributed by atoms with van der Waals surface area (Å²) < 4.78 is 0. The van der Waals surface area contributed by atoms with E-state index in [0.717, 1.165) is 31.4 Å². The molecule has 8 heteroatoms. The monoisotopic (exact) mass is 593 g/mol. The first-order valence-electron chi connectivity index (χ1n) is 13.1. The molecule has 0 saturated heterocycles. The molecule has 0 aliphatic heterocycles. The van der Waals surface area contributed by atoms with E-state index in [9.17, 15) is 15.0 Å². The molecule has 0 aromatic heterocycles. The van der Waals surface area contributed by atoms with Gasteiger partial charge in [0.1, 0.15) is 6.10 Å². The van der Waals surface area contributed by atoms with Gasteiger partial charge < -0.3 is 15.1 Å². The number of carbonyl (C=O) groups excluding carboxylic acids is 1. The Kier molecular flexibility index (Phi) is 11.5. The highest BCUT2D eigenvalue weighted by atomic mass is 35.5. The second kappa shape index (κ2) is 15.3. The predicted molar refractivity (Wildman–Crippen MR) is 163 cm³/mol. The van der Waals surface area contributed by atoms with Crippen molar-refractivity contribution in [1.29, 1.82) is 0 Å². The third-order valence-electron chi connectivity index (χ3n) is 6.27. The highest BCUT2D eigenvalue weighted by molar-refractivity contribution is 7.99. The van der Waals surface area contributed by atoms with Gasteiger partial charge in [0.2, 0.25) is 0 Å². The predicted octanol–water partition coefficient (Wildman–Crippen LogP) is 7.62. The number of hydrogen-bond acceptors (Lipinski definition) is 7. The van der Waals surface area contributed by atoms with Crippen LogP contribution in [-0.2, 0) is 9.63 Å². The molecule has 0 saturated carbocycles. The maximum absolute atomic E-state index is 11.8. The van der Waals surface area contributed by atoms with E-state index >= 15 is 0 Å². The highest BCUT2D eigenvalue weighted by Gasteiger charge is 2.22. The Morgan fingerprint density at radius 3 is 1.95 bits per heavy atom. The fourth-order valence-electron chi connectivity index (χ4n) is 3.98. The van der Waals surface area contributed by atoms with Crippen molar-refractivity contribution in [3.8, 4) is 0 Å². The SMILES string of the molecule is CCC(=O)ON[C@H](CCSc1ccc(Cl)cc1)C(O)c1ccc(Sc2ccc(C(O)c3ccccc3)cc2)cc1. The maximum atomic E-state index is 11.8. The fraction of sp³-hybridized carbons (Fsp3) is 0.219. The Morgan fingerprint density at radius 1 is 0.800 bits per heavy atom. The minimum Gasteiger partial charge on any atom is -0.387 e. The summed E-state index contributed by atoms with van der Waals surface area (Å²) in [7, 11) is 0.